The number of fused-ring (bicyclic) bond motifs is 6. The van der Waals surface area contributed by atoms with Gasteiger partial charge in [-0.15, -0.1) is 0 Å². The lowest BCUT2D eigenvalue weighted by molar-refractivity contribution is 0.677. The third kappa shape index (κ3) is 2.24. The Kier molecular flexibility index (Phi) is 3.39. The average Bonchev–Trinajstić information content (AvgIpc) is 2.78. The third-order valence-electron chi connectivity index (χ3n) is 5.77. The number of benzene rings is 3. The van der Waals surface area contributed by atoms with Crippen LogP contribution in [0.4, 0.5) is 5.69 Å². The Bertz CT molecular complexity index is 1240. The first-order chi connectivity index (χ1) is 13.9. The van der Waals surface area contributed by atoms with Gasteiger partial charge in [-0.3, -0.25) is 4.98 Å². The van der Waals surface area contributed by atoms with Gasteiger partial charge in [-0.05, 0) is 35.1 Å². The largest absolute Gasteiger partial charge is 0.348 e. The molecule has 0 amide bonds. The summed E-state index contributed by atoms with van der Waals surface area (Å²) >= 11 is 0. The van der Waals surface area contributed by atoms with Gasteiger partial charge in [0.1, 0.15) is 6.54 Å². The van der Waals surface area contributed by atoms with Gasteiger partial charge >= 0.3 is 0 Å². The number of hydrogen-bond acceptors (Lipinski definition) is 2. The van der Waals surface area contributed by atoms with Crippen molar-refractivity contribution in [2.24, 2.45) is 0 Å². The maximum atomic E-state index is 4.75. The van der Waals surface area contributed by atoms with Crippen molar-refractivity contribution in [1.29, 1.82) is 0 Å². The molecule has 0 saturated carbocycles. The molecule has 3 aromatic carbocycles. The molecule has 6 rings (SSSR count). The number of nitrogens with zero attached hydrogens (tertiary/aromatic N) is 2. The highest BCUT2D eigenvalue weighted by Gasteiger charge is 2.32. The van der Waals surface area contributed by atoms with Crippen molar-refractivity contribution in [2.75, 3.05) is 4.90 Å². The molecular weight excluding hydrogens is 340 g/mol. The summed E-state index contributed by atoms with van der Waals surface area (Å²) in [6.07, 6.45) is 7.31. The Morgan fingerprint density at radius 2 is 1.64 bits per heavy atom. The molecule has 2 heterocycles. The van der Waals surface area contributed by atoms with E-state index in [1.807, 2.05) is 6.20 Å². The van der Waals surface area contributed by atoms with E-state index in [2.05, 4.69) is 96.4 Å². The molecule has 0 N–H and O–H groups in total. The lowest BCUT2D eigenvalue weighted by atomic mass is 9.87. The minimum Gasteiger partial charge on any atom is -0.348 e. The van der Waals surface area contributed by atoms with E-state index in [-0.39, 0.29) is 6.04 Å². The van der Waals surface area contributed by atoms with Gasteiger partial charge in [-0.2, -0.15) is 0 Å². The minimum atomic E-state index is 0.174. The number of pyridine rings is 1. The molecule has 0 fully saturated rings. The maximum absolute atomic E-state index is 4.75. The molecule has 28 heavy (non-hydrogen) atoms. The van der Waals surface area contributed by atoms with E-state index in [0.29, 0.717) is 0 Å². The molecule has 2 heteroatoms. The van der Waals surface area contributed by atoms with Crippen LogP contribution in [0.1, 0.15) is 29.3 Å². The van der Waals surface area contributed by atoms with E-state index in [1.165, 1.54) is 33.2 Å². The molecule has 132 valence electrons. The molecule has 1 aliphatic carbocycles. The van der Waals surface area contributed by atoms with Crippen LogP contribution in [0.25, 0.3) is 28.0 Å². The molecule has 2 nitrogen and oxygen atoms in total. The quantitative estimate of drug-likeness (QED) is 0.399. The topological polar surface area (TPSA) is 16.1 Å². The van der Waals surface area contributed by atoms with Crippen LogP contribution in [0.2, 0.25) is 0 Å². The summed E-state index contributed by atoms with van der Waals surface area (Å²) < 4.78 is 0. The number of anilines is 1. The second-order valence-electron chi connectivity index (χ2n) is 7.34. The van der Waals surface area contributed by atoms with Crippen molar-refractivity contribution >= 4 is 22.5 Å². The smallest absolute Gasteiger partial charge is 0.127 e. The monoisotopic (exact) mass is 358 g/mol. The van der Waals surface area contributed by atoms with E-state index in [0.717, 1.165) is 17.7 Å². The van der Waals surface area contributed by atoms with Crippen molar-refractivity contribution < 1.29 is 0 Å². The highest BCUT2D eigenvalue weighted by atomic mass is 15.2. The van der Waals surface area contributed by atoms with Gasteiger partial charge < -0.3 is 4.90 Å². The molecule has 2 radical (unpaired) electrons. The average molecular weight is 358 g/mol. The lowest BCUT2D eigenvalue weighted by Gasteiger charge is -2.39. The first-order valence-electron chi connectivity index (χ1n) is 9.69. The van der Waals surface area contributed by atoms with E-state index in [4.69, 9.17) is 4.98 Å². The Balaban J connectivity index is 1.58. The molecule has 1 unspecified atom stereocenters. The normalized spacial score (nSPS) is 17.1. The van der Waals surface area contributed by atoms with Crippen LogP contribution in [0, 0.1) is 6.54 Å². The fraction of sp³-hybridized carbons (Fsp3) is 0.0769. The molecule has 1 aromatic heterocycles. The highest BCUT2D eigenvalue weighted by molar-refractivity contribution is 5.91. The predicted octanol–water partition coefficient (Wildman–Crippen LogP) is 6.27. The summed E-state index contributed by atoms with van der Waals surface area (Å²) in [6.45, 7) is 3.70. The summed E-state index contributed by atoms with van der Waals surface area (Å²) in [6, 6.07) is 25.9. The first kappa shape index (κ1) is 15.6. The summed E-state index contributed by atoms with van der Waals surface area (Å²) in [4.78, 5) is 7.08. The molecular formula is C26H18N2. The molecule has 1 aliphatic heterocycles. The van der Waals surface area contributed by atoms with Crippen molar-refractivity contribution in [3.63, 3.8) is 0 Å². The van der Waals surface area contributed by atoms with Gasteiger partial charge in [-0.1, -0.05) is 72.8 Å². The van der Waals surface area contributed by atoms with E-state index in [1.54, 1.807) is 0 Å². The second kappa shape index (κ2) is 6.07. The Labute approximate surface area is 164 Å². The van der Waals surface area contributed by atoms with Crippen LogP contribution in [-0.4, -0.2) is 4.98 Å². The third-order valence-corrected chi connectivity index (χ3v) is 5.77. The van der Waals surface area contributed by atoms with Crippen LogP contribution < -0.4 is 4.90 Å². The standard InChI is InChI=1S/C26H18N2/c1-4-11-21-18(8-1)16-27-23-13-7-15-25(26(21)23)28-17-19-9-2-3-10-20(19)22-12-5-6-14-24(22)28/h1-14,16,25H,15H2. The van der Waals surface area contributed by atoms with Gasteiger partial charge in [0.15, 0.2) is 0 Å². The maximum Gasteiger partial charge on any atom is 0.127 e. The molecule has 0 saturated heterocycles. The summed E-state index contributed by atoms with van der Waals surface area (Å²) in [7, 11) is 0. The van der Waals surface area contributed by atoms with Crippen LogP contribution in [0.5, 0.6) is 0 Å². The van der Waals surface area contributed by atoms with Gasteiger partial charge in [0.05, 0.1) is 11.7 Å². The van der Waals surface area contributed by atoms with Gasteiger partial charge in [-0.25, -0.2) is 0 Å². The highest BCUT2D eigenvalue weighted by Crippen LogP contribution is 2.47. The predicted molar refractivity (Wildman–Crippen MR) is 115 cm³/mol. The molecule has 0 spiro atoms. The number of aromatic nitrogens is 1. The van der Waals surface area contributed by atoms with Crippen molar-refractivity contribution in [1.82, 2.24) is 4.98 Å². The van der Waals surface area contributed by atoms with E-state index in [9.17, 15) is 0 Å². The zero-order chi connectivity index (χ0) is 18.5. The van der Waals surface area contributed by atoms with Crippen molar-refractivity contribution in [2.45, 2.75) is 12.5 Å². The van der Waals surface area contributed by atoms with Crippen LogP contribution in [0.15, 0.2) is 85.1 Å². The van der Waals surface area contributed by atoms with Gasteiger partial charge in [0.25, 0.3) is 0 Å². The van der Waals surface area contributed by atoms with Crippen molar-refractivity contribution in [3.8, 4) is 11.1 Å². The van der Waals surface area contributed by atoms with Crippen molar-refractivity contribution in [3.05, 3.63) is 108 Å². The minimum absolute atomic E-state index is 0.174. The Morgan fingerprint density at radius 1 is 0.857 bits per heavy atom. The summed E-state index contributed by atoms with van der Waals surface area (Å²) in [5.74, 6) is 0. The summed E-state index contributed by atoms with van der Waals surface area (Å²) in [5, 5.41) is 2.47. The van der Waals surface area contributed by atoms with Gasteiger partial charge in [0.2, 0.25) is 0 Å². The number of rotatable bonds is 1. The van der Waals surface area contributed by atoms with Crippen LogP contribution in [-0.2, 0) is 0 Å². The van der Waals surface area contributed by atoms with Crippen LogP contribution in [0.3, 0.4) is 0 Å². The first-order valence-corrected chi connectivity index (χ1v) is 9.69. The molecule has 0 bridgehead atoms. The SMILES string of the molecule is [C]1c2ccccc2-c2ccccc2N1C1CC=Cc2ncc3ccccc3c21. The molecule has 4 aromatic rings. The fourth-order valence-electron chi connectivity index (χ4n) is 4.51. The Morgan fingerprint density at radius 3 is 2.61 bits per heavy atom. The Hall–Kier alpha value is -3.39. The molecule has 2 aliphatic rings. The second-order valence-corrected chi connectivity index (χ2v) is 7.34. The van der Waals surface area contributed by atoms with Gasteiger partial charge in [0, 0.05) is 28.4 Å². The zero-order valence-corrected chi connectivity index (χ0v) is 15.3. The number of hydrogen-bond donors (Lipinski definition) is 0. The fourth-order valence-corrected chi connectivity index (χ4v) is 4.51. The lowest BCUT2D eigenvalue weighted by Crippen LogP contribution is -2.31. The molecule has 1 atom stereocenters. The van der Waals surface area contributed by atoms with E-state index < -0.39 is 0 Å². The summed E-state index contributed by atoms with van der Waals surface area (Å²) in [5.41, 5.74) is 7.22. The zero-order valence-electron chi connectivity index (χ0n) is 15.3. The number of para-hydroxylation sites is 1. The van der Waals surface area contributed by atoms with Crippen LogP contribution >= 0.6 is 0 Å². The van der Waals surface area contributed by atoms with E-state index >= 15 is 0 Å².